The maximum atomic E-state index is 10.7. The molecule has 0 saturated carbocycles. The van der Waals surface area contributed by atoms with Gasteiger partial charge in [-0.1, -0.05) is 0 Å². The summed E-state index contributed by atoms with van der Waals surface area (Å²) < 4.78 is 9.11. The fourth-order valence-electron chi connectivity index (χ4n) is 0.986. The first kappa shape index (κ1) is 12.2. The van der Waals surface area contributed by atoms with E-state index in [-0.39, 0.29) is 6.61 Å². The monoisotopic (exact) mass is 194 g/mol. The van der Waals surface area contributed by atoms with Crippen LogP contribution in [-0.2, 0) is 9.47 Å². The van der Waals surface area contributed by atoms with Gasteiger partial charge in [0.15, 0.2) is 0 Å². The molecule has 0 aliphatic rings. The summed E-state index contributed by atoms with van der Waals surface area (Å²) in [6, 6.07) is -2.03. The fraction of sp³-hybridized carbons (Fsp3) is 1.00. The topological polar surface area (TPSA) is 87.6 Å². The summed E-state index contributed by atoms with van der Waals surface area (Å²) in [6.07, 6.45) is 0. The van der Waals surface area contributed by atoms with E-state index in [0.717, 1.165) is 0 Å². The van der Waals surface area contributed by atoms with Gasteiger partial charge in [-0.3, -0.25) is 10.1 Å². The van der Waals surface area contributed by atoms with Crippen LogP contribution in [0, 0.1) is 10.1 Å². The van der Waals surface area contributed by atoms with Gasteiger partial charge >= 0.3 is 6.03 Å². The predicted molar refractivity (Wildman–Crippen MR) is 44.7 cm³/mol. The van der Waals surface area contributed by atoms with Crippen molar-refractivity contribution in [1.82, 2.24) is 0 Å². The summed E-state index contributed by atoms with van der Waals surface area (Å²) in [5.74, 6) is 5.56. The van der Waals surface area contributed by atoms with Crippen LogP contribution in [0.1, 0.15) is 6.92 Å². The lowest BCUT2D eigenvalue weighted by Crippen LogP contribution is -2.70. The van der Waals surface area contributed by atoms with E-state index in [2.05, 4.69) is 0 Å². The van der Waals surface area contributed by atoms with Crippen LogP contribution in [0.5, 0.6) is 0 Å². The summed E-state index contributed by atoms with van der Waals surface area (Å²) >= 11 is 0. The Kier molecular flexibility index (Phi) is 3.73. The normalized spacial score (nSPS) is 16.7. The van der Waals surface area contributed by atoms with Crippen molar-refractivity contribution in [2.24, 2.45) is 5.84 Å². The minimum absolute atomic E-state index is 0.147. The second-order valence-electron chi connectivity index (χ2n) is 2.98. The van der Waals surface area contributed by atoms with E-state index < -0.39 is 15.6 Å². The van der Waals surface area contributed by atoms with Crippen molar-refractivity contribution in [2.75, 3.05) is 27.8 Å². The van der Waals surface area contributed by atoms with Gasteiger partial charge in [0.1, 0.15) is 4.92 Å². The molecule has 0 aromatic heterocycles. The van der Waals surface area contributed by atoms with E-state index >= 15 is 0 Å². The number of rotatable bonds is 5. The molecule has 0 rings (SSSR count). The van der Waals surface area contributed by atoms with Gasteiger partial charge in [-0.05, 0) is 6.92 Å². The quantitative estimate of drug-likeness (QED) is 0.210. The maximum Gasteiger partial charge on any atom is 0.612 e. The first-order valence-corrected chi connectivity index (χ1v) is 3.78. The Bertz CT molecular complexity index is 191. The number of hydrogen-bond donors (Lipinski definition) is 1. The second-order valence-corrected chi connectivity index (χ2v) is 2.98. The van der Waals surface area contributed by atoms with Gasteiger partial charge in [0.25, 0.3) is 0 Å². The van der Waals surface area contributed by atoms with Crippen molar-refractivity contribution in [3.8, 4) is 0 Å². The first-order valence-electron chi connectivity index (χ1n) is 3.78. The number of quaternary nitrogens is 1. The molecule has 0 aromatic carbocycles. The first-order chi connectivity index (χ1) is 5.81. The van der Waals surface area contributed by atoms with Gasteiger partial charge in [0, 0.05) is 0 Å². The standard InChI is InChI=1S/C6H16N3O4/c1-5-13-6(12-4,8(10)11)9(2,3)7/h5,7H2,1-4H3/q+1. The Labute approximate surface area is 76.7 Å². The molecular formula is C6H16N3O4+. The molecule has 13 heavy (non-hydrogen) atoms. The lowest BCUT2D eigenvalue weighted by atomic mass is 10.6. The van der Waals surface area contributed by atoms with Crippen LogP contribution in [0.3, 0.4) is 0 Å². The lowest BCUT2D eigenvalue weighted by molar-refractivity contribution is -1.10. The molecule has 0 aliphatic carbocycles. The molecule has 0 fully saturated rings. The highest BCUT2D eigenvalue weighted by atomic mass is 16.8. The van der Waals surface area contributed by atoms with E-state index in [1.54, 1.807) is 6.92 Å². The van der Waals surface area contributed by atoms with Crippen LogP contribution in [0.15, 0.2) is 0 Å². The van der Waals surface area contributed by atoms with Gasteiger partial charge in [0.2, 0.25) is 0 Å². The van der Waals surface area contributed by atoms with Crippen molar-refractivity contribution < 1.29 is 19.0 Å². The molecule has 0 heterocycles. The average molecular weight is 194 g/mol. The second kappa shape index (κ2) is 3.97. The fourth-order valence-corrected chi connectivity index (χ4v) is 0.986. The van der Waals surface area contributed by atoms with E-state index in [1.165, 1.54) is 21.2 Å². The van der Waals surface area contributed by atoms with Crippen molar-refractivity contribution in [3.05, 3.63) is 10.1 Å². The van der Waals surface area contributed by atoms with Gasteiger partial charge < -0.3 is 0 Å². The Hall–Kier alpha value is -0.760. The number of ether oxygens (including phenoxy) is 2. The maximum absolute atomic E-state index is 10.7. The third kappa shape index (κ3) is 2.13. The van der Waals surface area contributed by atoms with Crippen LogP contribution in [0.25, 0.3) is 0 Å². The van der Waals surface area contributed by atoms with Gasteiger partial charge in [-0.15, -0.1) is 4.59 Å². The van der Waals surface area contributed by atoms with Gasteiger partial charge in [-0.25, -0.2) is 9.47 Å². The van der Waals surface area contributed by atoms with Crippen LogP contribution in [-0.4, -0.2) is 43.4 Å². The molecule has 0 aromatic rings. The highest BCUT2D eigenvalue weighted by Crippen LogP contribution is 2.19. The summed E-state index contributed by atoms with van der Waals surface area (Å²) in [4.78, 5) is 10.1. The third-order valence-corrected chi connectivity index (χ3v) is 1.56. The molecule has 7 heteroatoms. The zero-order chi connectivity index (χ0) is 10.7. The number of methoxy groups -OCH3 is 1. The van der Waals surface area contributed by atoms with Crippen LogP contribution in [0.4, 0.5) is 0 Å². The minimum atomic E-state index is -2.03. The molecule has 1 unspecified atom stereocenters. The van der Waals surface area contributed by atoms with E-state index in [0.29, 0.717) is 0 Å². The highest BCUT2D eigenvalue weighted by Gasteiger charge is 2.60. The van der Waals surface area contributed by atoms with E-state index in [9.17, 15) is 10.1 Å². The molecule has 0 spiro atoms. The summed E-state index contributed by atoms with van der Waals surface area (Å²) in [5, 5.41) is 10.7. The molecule has 1 atom stereocenters. The van der Waals surface area contributed by atoms with Crippen LogP contribution in [0.2, 0.25) is 0 Å². The molecule has 7 nitrogen and oxygen atoms in total. The average Bonchev–Trinajstić information content (AvgIpc) is 1.96. The zero-order valence-corrected chi connectivity index (χ0v) is 8.31. The van der Waals surface area contributed by atoms with Crippen LogP contribution < -0.4 is 5.84 Å². The van der Waals surface area contributed by atoms with E-state index in [4.69, 9.17) is 15.3 Å². The third-order valence-electron chi connectivity index (χ3n) is 1.56. The lowest BCUT2D eigenvalue weighted by Gasteiger charge is -2.32. The van der Waals surface area contributed by atoms with E-state index in [1.807, 2.05) is 0 Å². The van der Waals surface area contributed by atoms with Gasteiger partial charge in [-0.2, -0.15) is 5.84 Å². The van der Waals surface area contributed by atoms with Gasteiger partial charge in [0.05, 0.1) is 27.8 Å². The zero-order valence-electron chi connectivity index (χ0n) is 8.31. The predicted octanol–water partition coefficient (Wildman–Crippen LogP) is -0.493. The molecule has 0 radical (unpaired) electrons. The minimum Gasteiger partial charge on any atom is -0.255 e. The van der Waals surface area contributed by atoms with Crippen LogP contribution >= 0.6 is 0 Å². The molecule has 0 saturated heterocycles. The molecule has 0 bridgehead atoms. The largest absolute Gasteiger partial charge is 0.612 e. The highest BCUT2D eigenvalue weighted by molar-refractivity contribution is 4.36. The number of hydrogen-bond acceptors (Lipinski definition) is 5. The molecule has 2 N–H and O–H groups in total. The molecular weight excluding hydrogens is 178 g/mol. The number of nitrogens with two attached hydrogens (primary N) is 1. The smallest absolute Gasteiger partial charge is 0.255 e. The Balaban J connectivity index is 4.98. The number of nitrogens with zero attached hydrogens (tertiary/aromatic N) is 2. The van der Waals surface area contributed by atoms with Crippen molar-refractivity contribution in [1.29, 1.82) is 0 Å². The molecule has 0 amide bonds. The summed E-state index contributed by atoms with van der Waals surface area (Å²) in [5.41, 5.74) is 0. The van der Waals surface area contributed by atoms with Crippen molar-refractivity contribution >= 4 is 0 Å². The Morgan fingerprint density at radius 3 is 2.15 bits per heavy atom. The van der Waals surface area contributed by atoms with Crippen molar-refractivity contribution in [3.63, 3.8) is 0 Å². The molecule has 0 aliphatic heterocycles. The van der Waals surface area contributed by atoms with Crippen molar-refractivity contribution in [2.45, 2.75) is 13.0 Å². The summed E-state index contributed by atoms with van der Waals surface area (Å²) in [7, 11) is 4.02. The Morgan fingerprint density at radius 2 is 2.08 bits per heavy atom. The Morgan fingerprint density at radius 1 is 1.62 bits per heavy atom. The number of nitro groups is 1. The SMILES string of the molecule is CCOC(OC)([N+](=O)[O-])[N+](C)(C)N. The molecule has 78 valence electrons. The summed E-state index contributed by atoms with van der Waals surface area (Å²) in [6.45, 7) is 1.78.